The lowest BCUT2D eigenvalue weighted by molar-refractivity contribution is 0.598. The van der Waals surface area contributed by atoms with Crippen LogP contribution in [0.1, 0.15) is 18.4 Å². The van der Waals surface area contributed by atoms with Crippen LogP contribution < -0.4 is 5.32 Å². The van der Waals surface area contributed by atoms with E-state index in [4.69, 9.17) is 0 Å². The molecule has 1 heterocycles. The van der Waals surface area contributed by atoms with Gasteiger partial charge in [-0.3, -0.25) is 0 Å². The Balaban J connectivity index is 1.97. The maximum atomic E-state index is 12.6. The first-order chi connectivity index (χ1) is 6.34. The highest BCUT2D eigenvalue weighted by Crippen LogP contribution is 2.12. The third-order valence-electron chi connectivity index (χ3n) is 2.56. The zero-order valence-corrected chi connectivity index (χ0v) is 7.59. The predicted molar refractivity (Wildman–Crippen MR) is 51.1 cm³/mol. The van der Waals surface area contributed by atoms with Gasteiger partial charge in [0.25, 0.3) is 0 Å². The van der Waals surface area contributed by atoms with Gasteiger partial charge in [0.05, 0.1) is 0 Å². The molecule has 0 unspecified atom stereocenters. The van der Waals surface area contributed by atoms with Crippen LogP contribution in [-0.4, -0.2) is 12.6 Å². The van der Waals surface area contributed by atoms with Gasteiger partial charge >= 0.3 is 0 Å². The predicted octanol–water partition coefficient (Wildman–Crippen LogP) is 2.12. The van der Waals surface area contributed by atoms with Crippen LogP contribution in [0.25, 0.3) is 0 Å². The summed E-state index contributed by atoms with van der Waals surface area (Å²) in [5, 5.41) is 3.43. The molecule has 70 valence electrons. The van der Waals surface area contributed by atoms with Gasteiger partial charge in [0.2, 0.25) is 0 Å². The first-order valence-electron chi connectivity index (χ1n) is 4.82. The summed E-state index contributed by atoms with van der Waals surface area (Å²) in [5.74, 6) is -0.150. The Labute approximate surface area is 78.0 Å². The van der Waals surface area contributed by atoms with Crippen molar-refractivity contribution in [3.05, 3.63) is 35.6 Å². The topological polar surface area (TPSA) is 12.0 Å². The number of hydrogen-bond donors (Lipinski definition) is 1. The van der Waals surface area contributed by atoms with E-state index in [1.54, 1.807) is 0 Å². The molecule has 0 bridgehead atoms. The standard InChI is InChI=1S/C11H14FN/c12-10-5-3-9(4-6-10)8-11-2-1-7-13-11/h3-6,11,13H,1-2,7-8H2/t11-/m1/s1. The van der Waals surface area contributed by atoms with E-state index >= 15 is 0 Å². The summed E-state index contributed by atoms with van der Waals surface area (Å²) >= 11 is 0. The minimum absolute atomic E-state index is 0.150. The molecule has 0 aliphatic carbocycles. The van der Waals surface area contributed by atoms with E-state index in [1.165, 1.54) is 30.5 Å². The second-order valence-corrected chi connectivity index (χ2v) is 3.62. The summed E-state index contributed by atoms with van der Waals surface area (Å²) in [4.78, 5) is 0. The fourth-order valence-corrected chi connectivity index (χ4v) is 1.84. The second kappa shape index (κ2) is 3.88. The maximum Gasteiger partial charge on any atom is 0.123 e. The average molecular weight is 179 g/mol. The number of benzene rings is 1. The molecule has 0 saturated carbocycles. The van der Waals surface area contributed by atoms with Crippen LogP contribution in [0.2, 0.25) is 0 Å². The molecule has 1 aromatic rings. The highest BCUT2D eigenvalue weighted by atomic mass is 19.1. The molecule has 0 aromatic heterocycles. The summed E-state index contributed by atoms with van der Waals surface area (Å²) in [6.07, 6.45) is 3.55. The van der Waals surface area contributed by atoms with Gasteiger partial charge in [0, 0.05) is 6.04 Å². The van der Waals surface area contributed by atoms with Crippen molar-refractivity contribution < 1.29 is 4.39 Å². The van der Waals surface area contributed by atoms with E-state index in [0.717, 1.165) is 13.0 Å². The number of nitrogens with one attached hydrogen (secondary N) is 1. The van der Waals surface area contributed by atoms with Crippen molar-refractivity contribution in [2.45, 2.75) is 25.3 Å². The fraction of sp³-hybridized carbons (Fsp3) is 0.455. The number of rotatable bonds is 2. The molecule has 0 spiro atoms. The molecular weight excluding hydrogens is 165 g/mol. The lowest BCUT2D eigenvalue weighted by Crippen LogP contribution is -2.23. The van der Waals surface area contributed by atoms with Crippen molar-refractivity contribution in [2.24, 2.45) is 0 Å². The number of hydrogen-bond acceptors (Lipinski definition) is 1. The van der Waals surface area contributed by atoms with Crippen molar-refractivity contribution in [1.29, 1.82) is 0 Å². The molecule has 2 heteroatoms. The lowest BCUT2D eigenvalue weighted by atomic mass is 10.0. The smallest absolute Gasteiger partial charge is 0.123 e. The molecule has 1 N–H and O–H groups in total. The fourth-order valence-electron chi connectivity index (χ4n) is 1.84. The van der Waals surface area contributed by atoms with Gasteiger partial charge in [-0.2, -0.15) is 0 Å². The van der Waals surface area contributed by atoms with Gasteiger partial charge in [-0.05, 0) is 43.5 Å². The Bertz CT molecular complexity index is 262. The van der Waals surface area contributed by atoms with Gasteiger partial charge < -0.3 is 5.32 Å². The van der Waals surface area contributed by atoms with Crippen LogP contribution in [0.5, 0.6) is 0 Å². The summed E-state index contributed by atoms with van der Waals surface area (Å²) < 4.78 is 12.6. The SMILES string of the molecule is Fc1ccc(C[C@H]2CCCN2)cc1. The summed E-state index contributed by atoms with van der Waals surface area (Å²) in [5.41, 5.74) is 1.22. The normalized spacial score (nSPS) is 22.1. The van der Waals surface area contributed by atoms with Crippen molar-refractivity contribution in [3.8, 4) is 0 Å². The first-order valence-corrected chi connectivity index (χ1v) is 4.82. The Morgan fingerprint density at radius 2 is 2.08 bits per heavy atom. The average Bonchev–Trinajstić information content (AvgIpc) is 2.62. The Morgan fingerprint density at radius 1 is 1.31 bits per heavy atom. The molecule has 1 nitrogen and oxygen atoms in total. The monoisotopic (exact) mass is 179 g/mol. The first kappa shape index (κ1) is 8.70. The van der Waals surface area contributed by atoms with E-state index in [1.807, 2.05) is 12.1 Å². The van der Waals surface area contributed by atoms with Gasteiger partial charge in [-0.15, -0.1) is 0 Å². The quantitative estimate of drug-likeness (QED) is 0.733. The van der Waals surface area contributed by atoms with Gasteiger partial charge in [0.15, 0.2) is 0 Å². The summed E-state index contributed by atoms with van der Waals surface area (Å²) in [6.45, 7) is 1.13. The van der Waals surface area contributed by atoms with Crippen LogP contribution in [0.15, 0.2) is 24.3 Å². The Kier molecular flexibility index (Phi) is 2.60. The molecule has 1 fully saturated rings. The number of halogens is 1. The Morgan fingerprint density at radius 3 is 2.69 bits per heavy atom. The molecule has 1 aliphatic rings. The zero-order valence-electron chi connectivity index (χ0n) is 7.59. The van der Waals surface area contributed by atoms with Crippen molar-refractivity contribution in [2.75, 3.05) is 6.54 Å². The third kappa shape index (κ3) is 2.28. The van der Waals surface area contributed by atoms with Crippen LogP contribution in [-0.2, 0) is 6.42 Å². The molecule has 0 radical (unpaired) electrons. The van der Waals surface area contributed by atoms with Crippen molar-refractivity contribution in [3.63, 3.8) is 0 Å². The summed E-state index contributed by atoms with van der Waals surface area (Å²) in [6, 6.07) is 7.41. The molecule has 1 aliphatic heterocycles. The van der Waals surface area contributed by atoms with Gasteiger partial charge in [0.1, 0.15) is 5.82 Å². The molecule has 1 saturated heterocycles. The van der Waals surface area contributed by atoms with Crippen LogP contribution >= 0.6 is 0 Å². The van der Waals surface area contributed by atoms with E-state index in [-0.39, 0.29) is 5.82 Å². The largest absolute Gasteiger partial charge is 0.314 e. The highest BCUT2D eigenvalue weighted by Gasteiger charge is 2.13. The molecular formula is C11H14FN. The second-order valence-electron chi connectivity index (χ2n) is 3.62. The maximum absolute atomic E-state index is 12.6. The molecule has 1 aromatic carbocycles. The minimum Gasteiger partial charge on any atom is -0.314 e. The van der Waals surface area contributed by atoms with E-state index < -0.39 is 0 Å². The third-order valence-corrected chi connectivity index (χ3v) is 2.56. The molecule has 1 atom stereocenters. The van der Waals surface area contributed by atoms with Gasteiger partial charge in [-0.25, -0.2) is 4.39 Å². The van der Waals surface area contributed by atoms with E-state index in [0.29, 0.717) is 6.04 Å². The molecule has 0 amide bonds. The molecule has 13 heavy (non-hydrogen) atoms. The Hall–Kier alpha value is -0.890. The van der Waals surface area contributed by atoms with E-state index in [9.17, 15) is 4.39 Å². The van der Waals surface area contributed by atoms with Crippen LogP contribution in [0.4, 0.5) is 4.39 Å². The van der Waals surface area contributed by atoms with Crippen LogP contribution in [0, 0.1) is 5.82 Å². The summed E-state index contributed by atoms with van der Waals surface area (Å²) in [7, 11) is 0. The highest BCUT2D eigenvalue weighted by molar-refractivity contribution is 5.17. The van der Waals surface area contributed by atoms with Gasteiger partial charge in [-0.1, -0.05) is 12.1 Å². The molecule has 2 rings (SSSR count). The van der Waals surface area contributed by atoms with Crippen molar-refractivity contribution in [1.82, 2.24) is 5.32 Å². The van der Waals surface area contributed by atoms with Crippen molar-refractivity contribution >= 4 is 0 Å². The minimum atomic E-state index is -0.150. The zero-order chi connectivity index (χ0) is 9.10. The van der Waals surface area contributed by atoms with E-state index in [2.05, 4.69) is 5.32 Å². The lowest BCUT2D eigenvalue weighted by Gasteiger charge is -2.09. The van der Waals surface area contributed by atoms with Crippen LogP contribution in [0.3, 0.4) is 0 Å².